The lowest BCUT2D eigenvalue weighted by molar-refractivity contribution is -0.132. The zero-order valence-electron chi connectivity index (χ0n) is 16.9. The van der Waals surface area contributed by atoms with Gasteiger partial charge in [-0.2, -0.15) is 0 Å². The second-order valence-corrected chi connectivity index (χ2v) is 9.48. The number of hydrogen-bond donors (Lipinski definition) is 0. The summed E-state index contributed by atoms with van der Waals surface area (Å²) in [6.07, 6.45) is 5.11. The summed E-state index contributed by atoms with van der Waals surface area (Å²) in [6.45, 7) is 2.80. The van der Waals surface area contributed by atoms with Gasteiger partial charge < -0.3 is 19.1 Å². The van der Waals surface area contributed by atoms with Gasteiger partial charge in [0.15, 0.2) is 11.5 Å². The van der Waals surface area contributed by atoms with Crippen LogP contribution in [0.4, 0.5) is 5.69 Å². The van der Waals surface area contributed by atoms with Crippen molar-refractivity contribution in [3.63, 3.8) is 0 Å². The zero-order valence-corrected chi connectivity index (χ0v) is 16.9. The van der Waals surface area contributed by atoms with Crippen molar-refractivity contribution in [2.45, 2.75) is 42.9 Å². The van der Waals surface area contributed by atoms with Gasteiger partial charge in [0, 0.05) is 30.0 Å². The van der Waals surface area contributed by atoms with Crippen molar-refractivity contribution in [3.8, 4) is 11.5 Å². The summed E-state index contributed by atoms with van der Waals surface area (Å²) >= 11 is 0. The number of fused-ring (bicyclic) bond motifs is 2. The number of methoxy groups -OCH3 is 2. The molecule has 0 radical (unpaired) electrons. The predicted molar refractivity (Wildman–Crippen MR) is 107 cm³/mol. The van der Waals surface area contributed by atoms with Crippen LogP contribution in [-0.4, -0.2) is 62.9 Å². The lowest BCUT2D eigenvalue weighted by Crippen LogP contribution is -2.69. The maximum atomic E-state index is 13.5. The highest BCUT2D eigenvalue weighted by Crippen LogP contribution is 2.66. The fraction of sp³-hybridized carbons (Fsp3) is 0.609. The summed E-state index contributed by atoms with van der Waals surface area (Å²) in [5.41, 5.74) is 3.85. The summed E-state index contributed by atoms with van der Waals surface area (Å²) in [7, 11) is 3.36. The molecule has 0 aromatic heterocycles. The third-order valence-corrected chi connectivity index (χ3v) is 8.81. The highest BCUT2D eigenvalue weighted by atomic mass is 16.5. The Hall–Kier alpha value is -2.05. The number of rotatable bonds is 2. The van der Waals surface area contributed by atoms with Crippen LogP contribution >= 0.6 is 0 Å². The summed E-state index contributed by atoms with van der Waals surface area (Å²) in [6, 6.07) is 4.87. The number of ether oxygens (including phenoxy) is 3. The molecule has 1 spiro atoms. The number of anilines is 1. The van der Waals surface area contributed by atoms with Crippen LogP contribution in [0.25, 0.3) is 0 Å². The second-order valence-electron chi connectivity index (χ2n) is 9.48. The van der Waals surface area contributed by atoms with E-state index in [0.29, 0.717) is 36.7 Å². The Morgan fingerprint density at radius 2 is 2.03 bits per heavy atom. The molecule has 6 aliphatic rings. The first kappa shape index (κ1) is 16.7. The van der Waals surface area contributed by atoms with Crippen molar-refractivity contribution in [1.29, 1.82) is 0 Å². The van der Waals surface area contributed by atoms with E-state index in [4.69, 9.17) is 14.2 Å². The van der Waals surface area contributed by atoms with Gasteiger partial charge in [-0.3, -0.25) is 9.69 Å². The Kier molecular flexibility index (Phi) is 3.08. The molecule has 7 rings (SSSR count). The molecule has 6 atom stereocenters. The van der Waals surface area contributed by atoms with Gasteiger partial charge in [-0.1, -0.05) is 11.6 Å². The average molecular weight is 394 g/mol. The van der Waals surface area contributed by atoms with Crippen molar-refractivity contribution < 1.29 is 19.0 Å². The first-order valence-electron chi connectivity index (χ1n) is 10.8. The molecular formula is C23H26N2O4. The van der Waals surface area contributed by atoms with Crippen LogP contribution in [-0.2, 0) is 14.9 Å². The van der Waals surface area contributed by atoms with E-state index < -0.39 is 0 Å². The highest BCUT2D eigenvalue weighted by Gasteiger charge is 2.71. The van der Waals surface area contributed by atoms with Gasteiger partial charge in [0.25, 0.3) is 0 Å². The van der Waals surface area contributed by atoms with Crippen LogP contribution in [0.2, 0.25) is 0 Å². The van der Waals surface area contributed by atoms with Crippen molar-refractivity contribution >= 4 is 11.6 Å². The van der Waals surface area contributed by atoms with E-state index in [9.17, 15) is 4.79 Å². The molecule has 5 heterocycles. The molecule has 1 aromatic carbocycles. The number of piperidine rings is 2. The average Bonchev–Trinajstić information content (AvgIpc) is 3.20. The minimum atomic E-state index is -0.0242. The van der Waals surface area contributed by atoms with E-state index in [1.807, 2.05) is 6.07 Å². The van der Waals surface area contributed by atoms with E-state index in [1.54, 1.807) is 19.8 Å². The Morgan fingerprint density at radius 3 is 2.86 bits per heavy atom. The van der Waals surface area contributed by atoms with Crippen LogP contribution < -0.4 is 14.4 Å². The standard InChI is InChI=1S/C23H26N2O4/c1-27-16-8-14-15(9-17(16)28-2)25-20(26)10-18-21-13-7-19-23(14,22(21)25)4-5-24(19)11-12(13)3-6-29-18/h3,8-9,13,18-19,21-22H,4-7,10-11H2,1-2H3/t13-,18+,19+,21+,22+,23-/m1/s1. The van der Waals surface area contributed by atoms with Crippen LogP contribution in [0.5, 0.6) is 11.5 Å². The Labute approximate surface area is 170 Å². The number of benzene rings is 1. The molecule has 29 heavy (non-hydrogen) atoms. The summed E-state index contributed by atoms with van der Waals surface area (Å²) in [4.78, 5) is 18.3. The maximum absolute atomic E-state index is 13.5. The molecule has 2 bridgehead atoms. The molecule has 152 valence electrons. The summed E-state index contributed by atoms with van der Waals surface area (Å²) < 4.78 is 17.6. The number of carbonyl (C=O) groups excluding carboxylic acids is 1. The second kappa shape index (κ2) is 5.35. The van der Waals surface area contributed by atoms with Crippen molar-refractivity contribution in [1.82, 2.24) is 4.90 Å². The third-order valence-electron chi connectivity index (χ3n) is 8.81. The molecule has 4 fully saturated rings. The maximum Gasteiger partial charge on any atom is 0.229 e. The molecule has 1 saturated carbocycles. The van der Waals surface area contributed by atoms with Gasteiger partial charge in [0.1, 0.15) is 0 Å². The lowest BCUT2D eigenvalue weighted by atomic mass is 9.53. The van der Waals surface area contributed by atoms with Gasteiger partial charge >= 0.3 is 0 Å². The Bertz CT molecular complexity index is 974. The van der Waals surface area contributed by atoms with Crippen LogP contribution in [0.15, 0.2) is 23.8 Å². The first-order chi connectivity index (χ1) is 14.2. The molecule has 1 amide bonds. The van der Waals surface area contributed by atoms with Crippen LogP contribution in [0.3, 0.4) is 0 Å². The van der Waals surface area contributed by atoms with Crippen molar-refractivity contribution in [2.24, 2.45) is 11.8 Å². The molecule has 5 aliphatic heterocycles. The van der Waals surface area contributed by atoms with Crippen LogP contribution in [0, 0.1) is 11.8 Å². The van der Waals surface area contributed by atoms with Crippen molar-refractivity contribution in [3.05, 3.63) is 29.3 Å². The molecule has 6 heteroatoms. The molecule has 6 nitrogen and oxygen atoms in total. The lowest BCUT2D eigenvalue weighted by Gasteiger charge is -2.58. The molecule has 0 unspecified atom stereocenters. The quantitative estimate of drug-likeness (QED) is 0.719. The molecule has 1 aliphatic carbocycles. The highest BCUT2D eigenvalue weighted by molar-refractivity contribution is 5.99. The molecule has 1 aromatic rings. The largest absolute Gasteiger partial charge is 0.493 e. The SMILES string of the molecule is COc1cc2c(cc1OC)[C@@]13CCN4CC5=CCO[C@H]6CC(=O)N2[C@H]1[C@H]6[C@@H]5C[C@H]43. The first-order valence-corrected chi connectivity index (χ1v) is 10.8. The van der Waals surface area contributed by atoms with Gasteiger partial charge in [-0.05, 0) is 36.9 Å². The Balaban J connectivity index is 1.52. The predicted octanol–water partition coefficient (Wildman–Crippen LogP) is 2.11. The van der Waals surface area contributed by atoms with E-state index >= 15 is 0 Å². The summed E-state index contributed by atoms with van der Waals surface area (Å²) in [5.74, 6) is 2.57. The van der Waals surface area contributed by atoms with Gasteiger partial charge in [0.05, 0.1) is 45.1 Å². The third kappa shape index (κ3) is 1.76. The Morgan fingerprint density at radius 1 is 1.21 bits per heavy atom. The van der Waals surface area contributed by atoms with E-state index in [2.05, 4.69) is 21.9 Å². The minimum Gasteiger partial charge on any atom is -0.493 e. The number of nitrogens with zero attached hydrogens (tertiary/aromatic N) is 2. The molecule has 3 saturated heterocycles. The zero-order chi connectivity index (χ0) is 19.5. The smallest absolute Gasteiger partial charge is 0.229 e. The summed E-state index contributed by atoms with van der Waals surface area (Å²) in [5, 5.41) is 0. The van der Waals surface area contributed by atoms with Gasteiger partial charge in [-0.25, -0.2) is 0 Å². The fourth-order valence-corrected chi connectivity index (χ4v) is 7.87. The number of carbonyl (C=O) groups is 1. The van der Waals surface area contributed by atoms with Gasteiger partial charge in [-0.15, -0.1) is 0 Å². The van der Waals surface area contributed by atoms with Crippen LogP contribution in [0.1, 0.15) is 24.8 Å². The molecule has 0 N–H and O–H groups in total. The fourth-order valence-electron chi connectivity index (χ4n) is 7.87. The van der Waals surface area contributed by atoms with E-state index in [-0.39, 0.29) is 23.5 Å². The minimum absolute atomic E-state index is 0.0242. The monoisotopic (exact) mass is 394 g/mol. The topological polar surface area (TPSA) is 51.2 Å². The number of hydrogen-bond acceptors (Lipinski definition) is 5. The van der Waals surface area contributed by atoms with Crippen molar-refractivity contribution in [2.75, 3.05) is 38.8 Å². The van der Waals surface area contributed by atoms with E-state index in [1.165, 1.54) is 12.0 Å². The van der Waals surface area contributed by atoms with Gasteiger partial charge in [0.2, 0.25) is 5.91 Å². The number of amides is 1. The normalized spacial score (nSPS) is 41.0. The van der Waals surface area contributed by atoms with E-state index in [0.717, 1.165) is 30.9 Å². The molecular weight excluding hydrogens is 368 g/mol.